The van der Waals surface area contributed by atoms with Crippen molar-refractivity contribution in [3.05, 3.63) is 77.0 Å². The Morgan fingerprint density at radius 2 is 1.85 bits per heavy atom. The molecule has 0 bridgehead atoms. The number of hydrogen-bond acceptors (Lipinski definition) is 2. The Labute approximate surface area is 159 Å². The Kier molecular flexibility index (Phi) is 5.92. The lowest BCUT2D eigenvalue weighted by atomic mass is 10.1. The van der Waals surface area contributed by atoms with Gasteiger partial charge >= 0.3 is 0 Å². The number of ketones is 1. The summed E-state index contributed by atoms with van der Waals surface area (Å²) in [5.41, 5.74) is 2.90. The number of halogens is 1. The molecule has 4 heteroatoms. The van der Waals surface area contributed by atoms with E-state index in [1.54, 1.807) is 30.3 Å². The van der Waals surface area contributed by atoms with Crippen molar-refractivity contribution in [1.82, 2.24) is 9.47 Å². The predicted molar refractivity (Wildman–Crippen MR) is 110 cm³/mol. The predicted octanol–water partition coefficient (Wildman–Crippen LogP) is 5.14. The van der Waals surface area contributed by atoms with E-state index in [9.17, 15) is 4.79 Å². The second-order valence-corrected chi connectivity index (χ2v) is 7.09. The first-order chi connectivity index (χ1) is 12.5. The van der Waals surface area contributed by atoms with Crippen molar-refractivity contribution in [3.63, 3.8) is 0 Å². The maximum atomic E-state index is 12.4. The van der Waals surface area contributed by atoms with Gasteiger partial charge in [-0.1, -0.05) is 29.8 Å². The average Bonchev–Trinajstić information content (AvgIpc) is 2.98. The van der Waals surface area contributed by atoms with E-state index in [-0.39, 0.29) is 5.78 Å². The molecule has 2 aromatic carbocycles. The minimum Gasteiger partial charge on any atom is -0.347 e. The first-order valence-corrected chi connectivity index (χ1v) is 9.13. The Morgan fingerprint density at radius 1 is 1.12 bits per heavy atom. The quantitative estimate of drug-likeness (QED) is 0.427. The van der Waals surface area contributed by atoms with E-state index < -0.39 is 0 Å². The number of benzene rings is 2. The van der Waals surface area contributed by atoms with Crippen molar-refractivity contribution in [3.8, 4) is 0 Å². The lowest BCUT2D eigenvalue weighted by Crippen LogP contribution is -2.14. The van der Waals surface area contributed by atoms with Crippen LogP contribution in [0, 0.1) is 0 Å². The van der Waals surface area contributed by atoms with Crippen LogP contribution in [-0.4, -0.2) is 35.9 Å². The summed E-state index contributed by atoms with van der Waals surface area (Å²) in [7, 11) is 4.18. The number of carbonyl (C=O) groups is 1. The number of carbonyl (C=O) groups excluding carboxylic acids is 1. The van der Waals surface area contributed by atoms with Crippen molar-refractivity contribution >= 4 is 34.4 Å². The van der Waals surface area contributed by atoms with Crippen LogP contribution in [0.25, 0.3) is 17.0 Å². The van der Waals surface area contributed by atoms with Gasteiger partial charge in [-0.25, -0.2) is 0 Å². The molecule has 3 rings (SSSR count). The smallest absolute Gasteiger partial charge is 0.185 e. The largest absolute Gasteiger partial charge is 0.347 e. The number of nitrogens with zero attached hydrogens (tertiary/aromatic N) is 2. The van der Waals surface area contributed by atoms with Gasteiger partial charge < -0.3 is 9.47 Å². The zero-order chi connectivity index (χ0) is 18.5. The van der Waals surface area contributed by atoms with Crippen molar-refractivity contribution in [2.45, 2.75) is 13.0 Å². The van der Waals surface area contributed by atoms with Gasteiger partial charge in [-0.05, 0) is 69.5 Å². The molecule has 0 aliphatic heterocycles. The summed E-state index contributed by atoms with van der Waals surface area (Å²) in [6.07, 6.45) is 6.75. The molecule has 3 nitrogen and oxygen atoms in total. The molecule has 0 spiro atoms. The zero-order valence-electron chi connectivity index (χ0n) is 15.2. The third-order valence-corrected chi connectivity index (χ3v) is 4.62. The number of aromatic nitrogens is 1. The summed E-state index contributed by atoms with van der Waals surface area (Å²) >= 11 is 5.88. The van der Waals surface area contributed by atoms with Gasteiger partial charge in [0.15, 0.2) is 5.78 Å². The lowest BCUT2D eigenvalue weighted by molar-refractivity contribution is 0.104. The maximum absolute atomic E-state index is 12.4. The number of para-hydroxylation sites is 1. The molecule has 0 aliphatic carbocycles. The van der Waals surface area contributed by atoms with Crippen LogP contribution >= 0.6 is 11.6 Å². The molecule has 1 aromatic heterocycles. The molecule has 3 aromatic rings. The van der Waals surface area contributed by atoms with Crippen LogP contribution in [0.3, 0.4) is 0 Å². The fraction of sp³-hybridized carbons (Fsp3) is 0.227. The van der Waals surface area contributed by atoms with E-state index >= 15 is 0 Å². The van der Waals surface area contributed by atoms with Crippen LogP contribution in [0.4, 0.5) is 0 Å². The first kappa shape index (κ1) is 18.4. The van der Waals surface area contributed by atoms with E-state index in [2.05, 4.69) is 48.0 Å². The zero-order valence-corrected chi connectivity index (χ0v) is 15.9. The second kappa shape index (κ2) is 8.35. The SMILES string of the molecule is CN(C)CCCn1cc(/C=C/C(=O)c2ccc(Cl)cc2)c2ccccc21. The minimum atomic E-state index is -0.0221. The minimum absolute atomic E-state index is 0.0221. The molecule has 0 unspecified atom stereocenters. The first-order valence-electron chi connectivity index (χ1n) is 8.75. The molecular formula is C22H23ClN2O. The Morgan fingerprint density at radius 3 is 2.58 bits per heavy atom. The average molecular weight is 367 g/mol. The monoisotopic (exact) mass is 366 g/mol. The summed E-state index contributed by atoms with van der Waals surface area (Å²) in [6, 6.07) is 15.3. The van der Waals surface area contributed by atoms with Gasteiger partial charge in [0, 0.05) is 39.8 Å². The van der Waals surface area contributed by atoms with E-state index in [1.807, 2.05) is 12.1 Å². The van der Waals surface area contributed by atoms with Gasteiger partial charge in [-0.3, -0.25) is 4.79 Å². The molecule has 0 aliphatic rings. The van der Waals surface area contributed by atoms with E-state index in [0.29, 0.717) is 10.6 Å². The molecule has 26 heavy (non-hydrogen) atoms. The van der Waals surface area contributed by atoms with Gasteiger partial charge in [0.1, 0.15) is 0 Å². The van der Waals surface area contributed by atoms with Crippen LogP contribution in [0.5, 0.6) is 0 Å². The standard InChI is InChI=1S/C22H23ClN2O/c1-24(2)14-5-15-25-16-18(20-6-3-4-7-21(20)25)10-13-22(26)17-8-11-19(23)12-9-17/h3-4,6-13,16H,5,14-15H2,1-2H3/b13-10+. The summed E-state index contributed by atoms with van der Waals surface area (Å²) in [6.45, 7) is 2.00. The molecule has 1 heterocycles. The molecule has 0 amide bonds. The number of aryl methyl sites for hydroxylation is 1. The van der Waals surface area contributed by atoms with E-state index in [0.717, 1.165) is 30.5 Å². The Hall–Kier alpha value is -2.36. The number of allylic oxidation sites excluding steroid dienone is 1. The van der Waals surface area contributed by atoms with Crippen molar-refractivity contribution in [1.29, 1.82) is 0 Å². The topological polar surface area (TPSA) is 25.2 Å². The highest BCUT2D eigenvalue weighted by Crippen LogP contribution is 2.23. The summed E-state index contributed by atoms with van der Waals surface area (Å²) in [5, 5.41) is 1.80. The van der Waals surface area contributed by atoms with Gasteiger partial charge in [0.2, 0.25) is 0 Å². The Balaban J connectivity index is 1.83. The molecule has 0 N–H and O–H groups in total. The lowest BCUT2D eigenvalue weighted by Gasteiger charge is -2.10. The third-order valence-electron chi connectivity index (χ3n) is 4.37. The highest BCUT2D eigenvalue weighted by atomic mass is 35.5. The van der Waals surface area contributed by atoms with Gasteiger partial charge in [-0.2, -0.15) is 0 Å². The van der Waals surface area contributed by atoms with Crippen molar-refractivity contribution in [2.75, 3.05) is 20.6 Å². The van der Waals surface area contributed by atoms with E-state index in [1.165, 1.54) is 5.52 Å². The highest BCUT2D eigenvalue weighted by molar-refractivity contribution is 6.30. The molecule has 0 atom stereocenters. The third kappa shape index (κ3) is 4.43. The number of fused-ring (bicyclic) bond motifs is 1. The second-order valence-electron chi connectivity index (χ2n) is 6.66. The fourth-order valence-corrected chi connectivity index (χ4v) is 3.15. The molecule has 0 fully saturated rings. The van der Waals surface area contributed by atoms with Crippen LogP contribution in [0.15, 0.2) is 60.8 Å². The van der Waals surface area contributed by atoms with Crippen LogP contribution in [-0.2, 0) is 6.54 Å². The maximum Gasteiger partial charge on any atom is 0.185 e. The van der Waals surface area contributed by atoms with Crippen molar-refractivity contribution < 1.29 is 4.79 Å². The molecule has 0 radical (unpaired) electrons. The number of rotatable bonds is 7. The number of hydrogen-bond donors (Lipinski definition) is 0. The van der Waals surface area contributed by atoms with Crippen molar-refractivity contribution in [2.24, 2.45) is 0 Å². The summed E-state index contributed by atoms with van der Waals surface area (Å²) in [5.74, 6) is -0.0221. The molecule has 0 saturated heterocycles. The van der Waals surface area contributed by atoms with Crippen LogP contribution < -0.4 is 0 Å². The molecule has 134 valence electrons. The molecule has 0 saturated carbocycles. The Bertz CT molecular complexity index is 923. The summed E-state index contributed by atoms with van der Waals surface area (Å²) < 4.78 is 2.27. The molecular weight excluding hydrogens is 344 g/mol. The van der Waals surface area contributed by atoms with Gasteiger partial charge in [0.25, 0.3) is 0 Å². The summed E-state index contributed by atoms with van der Waals surface area (Å²) in [4.78, 5) is 14.6. The van der Waals surface area contributed by atoms with Gasteiger partial charge in [-0.15, -0.1) is 0 Å². The van der Waals surface area contributed by atoms with Crippen LogP contribution in [0.2, 0.25) is 5.02 Å². The van der Waals surface area contributed by atoms with Gasteiger partial charge in [0.05, 0.1) is 0 Å². The van der Waals surface area contributed by atoms with Crippen LogP contribution in [0.1, 0.15) is 22.3 Å². The highest BCUT2D eigenvalue weighted by Gasteiger charge is 2.07. The van der Waals surface area contributed by atoms with E-state index in [4.69, 9.17) is 11.6 Å². The fourth-order valence-electron chi connectivity index (χ4n) is 3.03. The normalized spacial score (nSPS) is 11.7.